The summed E-state index contributed by atoms with van der Waals surface area (Å²) in [6.45, 7) is 0.379. The van der Waals surface area contributed by atoms with E-state index in [2.05, 4.69) is 4.98 Å². The van der Waals surface area contributed by atoms with E-state index in [4.69, 9.17) is 5.26 Å². The van der Waals surface area contributed by atoms with Crippen LogP contribution in [0.5, 0.6) is 0 Å². The van der Waals surface area contributed by atoms with E-state index in [-0.39, 0.29) is 17.8 Å². The summed E-state index contributed by atoms with van der Waals surface area (Å²) >= 11 is 0. The first kappa shape index (κ1) is 15.0. The van der Waals surface area contributed by atoms with Crippen LogP contribution in [0.3, 0.4) is 0 Å². The number of aromatic nitrogens is 1. The Labute approximate surface area is 108 Å². The van der Waals surface area contributed by atoms with Gasteiger partial charge in [-0.25, -0.2) is 4.98 Å². The molecule has 0 aliphatic carbocycles. The smallest absolute Gasteiger partial charge is 0.328 e. The number of halogens is 3. The van der Waals surface area contributed by atoms with Crippen LogP contribution in [0, 0.1) is 11.3 Å². The molecule has 1 heterocycles. The van der Waals surface area contributed by atoms with Crippen LogP contribution >= 0.6 is 0 Å². The second-order valence-electron chi connectivity index (χ2n) is 3.89. The second-order valence-corrected chi connectivity index (χ2v) is 3.89. The molecule has 0 aromatic carbocycles. The van der Waals surface area contributed by atoms with Crippen LogP contribution in [0.4, 0.5) is 13.2 Å². The Hall–Kier alpha value is -2.10. The molecule has 0 spiro atoms. The maximum absolute atomic E-state index is 12.4. The van der Waals surface area contributed by atoms with Gasteiger partial charge in [0.05, 0.1) is 5.56 Å². The molecule has 0 unspecified atom stereocenters. The van der Waals surface area contributed by atoms with E-state index in [1.54, 1.807) is 6.92 Å². The van der Waals surface area contributed by atoms with Crippen LogP contribution in [-0.4, -0.2) is 35.1 Å². The van der Waals surface area contributed by atoms with Gasteiger partial charge in [-0.1, -0.05) is 6.92 Å². The van der Waals surface area contributed by atoms with Crippen LogP contribution in [0.2, 0.25) is 0 Å². The van der Waals surface area contributed by atoms with Gasteiger partial charge in [0.1, 0.15) is 18.3 Å². The van der Waals surface area contributed by atoms with Gasteiger partial charge in [0.25, 0.3) is 5.91 Å². The topological polar surface area (TPSA) is 57.0 Å². The maximum atomic E-state index is 12.4. The molecule has 7 heteroatoms. The van der Waals surface area contributed by atoms with E-state index < -0.39 is 18.6 Å². The Kier molecular flexibility index (Phi) is 4.87. The zero-order valence-electron chi connectivity index (χ0n) is 10.2. The molecule has 0 fully saturated rings. The fourth-order valence-electron chi connectivity index (χ4n) is 1.49. The molecule has 1 amide bonds. The van der Waals surface area contributed by atoms with Crippen LogP contribution in [0.25, 0.3) is 0 Å². The molecule has 0 aliphatic heterocycles. The van der Waals surface area contributed by atoms with Crippen LogP contribution in [-0.2, 0) is 0 Å². The highest BCUT2D eigenvalue weighted by molar-refractivity contribution is 5.92. The monoisotopic (exact) mass is 271 g/mol. The van der Waals surface area contributed by atoms with Gasteiger partial charge in [-0.15, -0.1) is 0 Å². The SMILES string of the molecule is CCCN(CC(F)(F)F)C(=O)c1ccc(C#N)cn1. The van der Waals surface area contributed by atoms with Crippen molar-refractivity contribution >= 4 is 5.91 Å². The van der Waals surface area contributed by atoms with Gasteiger partial charge in [0.2, 0.25) is 0 Å². The van der Waals surface area contributed by atoms with Crippen molar-refractivity contribution < 1.29 is 18.0 Å². The number of amides is 1. The van der Waals surface area contributed by atoms with E-state index in [1.165, 1.54) is 12.1 Å². The van der Waals surface area contributed by atoms with Crippen molar-refractivity contribution in [3.05, 3.63) is 29.6 Å². The number of rotatable bonds is 4. The molecular formula is C12H12F3N3O. The Morgan fingerprint density at radius 3 is 2.58 bits per heavy atom. The maximum Gasteiger partial charge on any atom is 0.406 e. The third-order valence-electron chi connectivity index (χ3n) is 2.26. The summed E-state index contributed by atoms with van der Waals surface area (Å²) in [5.41, 5.74) is 0.145. The first-order chi connectivity index (χ1) is 8.87. The lowest BCUT2D eigenvalue weighted by Gasteiger charge is -2.22. The van der Waals surface area contributed by atoms with E-state index >= 15 is 0 Å². The van der Waals surface area contributed by atoms with Crippen LogP contribution in [0.1, 0.15) is 29.4 Å². The van der Waals surface area contributed by atoms with E-state index in [0.29, 0.717) is 11.3 Å². The highest BCUT2D eigenvalue weighted by Gasteiger charge is 2.33. The number of alkyl halides is 3. The molecule has 0 atom stereocenters. The van der Waals surface area contributed by atoms with Crippen LogP contribution < -0.4 is 0 Å². The van der Waals surface area contributed by atoms with E-state index in [0.717, 1.165) is 6.20 Å². The first-order valence-electron chi connectivity index (χ1n) is 5.59. The molecule has 0 radical (unpaired) electrons. The predicted octanol–water partition coefficient (Wildman–Crippen LogP) is 2.37. The molecule has 1 aromatic heterocycles. The average molecular weight is 271 g/mol. The second kappa shape index (κ2) is 6.18. The summed E-state index contributed by atoms with van der Waals surface area (Å²) in [5, 5.41) is 8.58. The number of pyridine rings is 1. The fraction of sp³-hybridized carbons (Fsp3) is 0.417. The summed E-state index contributed by atoms with van der Waals surface area (Å²) in [6, 6.07) is 4.41. The lowest BCUT2D eigenvalue weighted by atomic mass is 10.2. The van der Waals surface area contributed by atoms with Gasteiger partial charge < -0.3 is 4.90 Å². The van der Waals surface area contributed by atoms with Gasteiger partial charge in [0.15, 0.2) is 0 Å². The summed E-state index contributed by atoms with van der Waals surface area (Å²) in [6.07, 6.45) is -2.87. The van der Waals surface area contributed by atoms with Crippen molar-refractivity contribution in [1.29, 1.82) is 5.26 Å². The van der Waals surface area contributed by atoms with Crippen molar-refractivity contribution in [3.8, 4) is 6.07 Å². The van der Waals surface area contributed by atoms with Crippen molar-refractivity contribution in [2.75, 3.05) is 13.1 Å². The number of hydrogen-bond donors (Lipinski definition) is 0. The lowest BCUT2D eigenvalue weighted by Crippen LogP contribution is -2.39. The number of carbonyl (C=O) groups is 1. The molecule has 0 aliphatic rings. The van der Waals surface area contributed by atoms with Gasteiger partial charge in [-0.2, -0.15) is 18.4 Å². The van der Waals surface area contributed by atoms with Gasteiger partial charge >= 0.3 is 6.18 Å². The third kappa shape index (κ3) is 4.58. The standard InChI is InChI=1S/C12H12F3N3O/c1-2-5-18(8-12(13,14)15)11(19)10-4-3-9(6-16)7-17-10/h3-4,7H,2,5,8H2,1H3. The summed E-state index contributed by atoms with van der Waals surface area (Å²) in [4.78, 5) is 16.3. The molecule has 0 N–H and O–H groups in total. The summed E-state index contributed by atoms with van der Waals surface area (Å²) in [7, 11) is 0. The number of nitriles is 1. The molecule has 1 aromatic rings. The molecule has 0 bridgehead atoms. The van der Waals surface area contributed by atoms with Crippen molar-refractivity contribution in [3.63, 3.8) is 0 Å². The van der Waals surface area contributed by atoms with Gasteiger partial charge in [-0.3, -0.25) is 4.79 Å². The zero-order valence-corrected chi connectivity index (χ0v) is 10.2. The number of nitrogens with zero attached hydrogens (tertiary/aromatic N) is 3. The summed E-state index contributed by atoms with van der Waals surface area (Å²) < 4.78 is 37.1. The Balaban J connectivity index is 2.89. The van der Waals surface area contributed by atoms with Crippen molar-refractivity contribution in [2.24, 2.45) is 0 Å². The zero-order chi connectivity index (χ0) is 14.5. The number of hydrogen-bond acceptors (Lipinski definition) is 3. The molecule has 19 heavy (non-hydrogen) atoms. The minimum Gasteiger partial charge on any atom is -0.328 e. The Morgan fingerprint density at radius 1 is 1.47 bits per heavy atom. The lowest BCUT2D eigenvalue weighted by molar-refractivity contribution is -0.140. The van der Waals surface area contributed by atoms with Gasteiger partial charge in [0, 0.05) is 12.7 Å². The normalized spacial score (nSPS) is 10.9. The molecule has 0 saturated heterocycles. The first-order valence-corrected chi connectivity index (χ1v) is 5.59. The van der Waals surface area contributed by atoms with Gasteiger partial charge in [-0.05, 0) is 18.6 Å². The van der Waals surface area contributed by atoms with E-state index in [1.807, 2.05) is 6.07 Å². The fourth-order valence-corrected chi connectivity index (χ4v) is 1.49. The number of carbonyl (C=O) groups excluding carboxylic acids is 1. The van der Waals surface area contributed by atoms with Crippen LogP contribution in [0.15, 0.2) is 18.3 Å². The minimum atomic E-state index is -4.45. The Morgan fingerprint density at radius 2 is 2.16 bits per heavy atom. The van der Waals surface area contributed by atoms with Crippen molar-refractivity contribution in [2.45, 2.75) is 19.5 Å². The highest BCUT2D eigenvalue weighted by Crippen LogP contribution is 2.18. The molecular weight excluding hydrogens is 259 g/mol. The predicted molar refractivity (Wildman–Crippen MR) is 61.2 cm³/mol. The average Bonchev–Trinajstić information content (AvgIpc) is 2.36. The molecule has 102 valence electrons. The largest absolute Gasteiger partial charge is 0.406 e. The Bertz CT molecular complexity index is 476. The quantitative estimate of drug-likeness (QED) is 0.844. The van der Waals surface area contributed by atoms with Crippen molar-refractivity contribution in [1.82, 2.24) is 9.88 Å². The highest BCUT2D eigenvalue weighted by atomic mass is 19.4. The molecule has 4 nitrogen and oxygen atoms in total. The minimum absolute atomic E-state index is 0.0000246. The molecule has 0 saturated carbocycles. The van der Waals surface area contributed by atoms with E-state index in [9.17, 15) is 18.0 Å². The third-order valence-corrected chi connectivity index (χ3v) is 2.26. The molecule has 1 rings (SSSR count). The summed E-state index contributed by atoms with van der Waals surface area (Å²) in [5.74, 6) is -0.788.